The molecule has 0 aromatic heterocycles. The van der Waals surface area contributed by atoms with Crippen LogP contribution in [0.5, 0.6) is 0 Å². The van der Waals surface area contributed by atoms with Gasteiger partial charge in [0.05, 0.1) is 24.7 Å². The number of esters is 1. The summed E-state index contributed by atoms with van der Waals surface area (Å²) in [6.45, 7) is 11.4. The van der Waals surface area contributed by atoms with Crippen molar-refractivity contribution in [3.05, 3.63) is 95.6 Å². The van der Waals surface area contributed by atoms with Crippen LogP contribution in [-0.4, -0.2) is 33.5 Å². The number of methoxy groups -OCH3 is 1. The molecule has 3 atom stereocenters. The molecule has 4 nitrogen and oxygen atoms in total. The van der Waals surface area contributed by atoms with E-state index < -0.39 is 13.9 Å². The summed E-state index contributed by atoms with van der Waals surface area (Å²) >= 11 is 0. The zero-order valence-electron chi connectivity index (χ0n) is 22.9. The number of fused-ring (bicyclic) bond motifs is 3. The molecule has 194 valence electrons. The van der Waals surface area contributed by atoms with Crippen molar-refractivity contribution in [3.8, 4) is 11.1 Å². The van der Waals surface area contributed by atoms with Crippen LogP contribution in [0, 0.1) is 5.92 Å². The molecule has 5 heteroatoms. The molecule has 1 saturated carbocycles. The fraction of sp³-hybridized carbons (Fsp3) is 0.406. The van der Waals surface area contributed by atoms with E-state index >= 15 is 0 Å². The number of hydrogen-bond donors (Lipinski definition) is 1. The molecule has 0 saturated heterocycles. The highest BCUT2D eigenvalue weighted by Gasteiger charge is 2.51. The van der Waals surface area contributed by atoms with Crippen molar-refractivity contribution in [3.63, 3.8) is 0 Å². The van der Waals surface area contributed by atoms with Gasteiger partial charge in [-0.3, -0.25) is 10.1 Å². The van der Waals surface area contributed by atoms with Crippen LogP contribution < -0.4 is 5.32 Å². The Morgan fingerprint density at radius 2 is 1.41 bits per heavy atom. The molecule has 0 radical (unpaired) electrons. The third kappa shape index (κ3) is 4.37. The van der Waals surface area contributed by atoms with E-state index in [0.29, 0.717) is 12.8 Å². The lowest BCUT2D eigenvalue weighted by Gasteiger charge is -2.43. The van der Waals surface area contributed by atoms with Gasteiger partial charge in [-0.05, 0) is 58.8 Å². The molecular formula is C32H39NO3Si. The van der Waals surface area contributed by atoms with E-state index in [9.17, 15) is 4.79 Å². The van der Waals surface area contributed by atoms with Crippen LogP contribution in [0.2, 0.25) is 18.1 Å². The first kappa shape index (κ1) is 25.9. The minimum atomic E-state index is -2.08. The summed E-state index contributed by atoms with van der Waals surface area (Å²) in [5, 5.41) is 4.22. The van der Waals surface area contributed by atoms with Crippen molar-refractivity contribution in [1.82, 2.24) is 5.32 Å². The van der Waals surface area contributed by atoms with Crippen LogP contribution in [-0.2, 0) is 19.5 Å². The highest BCUT2D eigenvalue weighted by Crippen LogP contribution is 2.52. The SMILES string of the molecule is COC(=O)[C@@H]1C[C@H](O[Si](C)(C)C(C)(C)C)[C@H](NC2(c3ccccc3)c3ccccc3-c3ccccc32)C1. The Labute approximate surface area is 222 Å². The summed E-state index contributed by atoms with van der Waals surface area (Å²) in [5.41, 5.74) is 5.64. The molecule has 0 aliphatic heterocycles. The van der Waals surface area contributed by atoms with Gasteiger partial charge in [-0.2, -0.15) is 0 Å². The Bertz CT molecular complexity index is 1230. The van der Waals surface area contributed by atoms with Crippen molar-refractivity contribution in [2.75, 3.05) is 7.11 Å². The Morgan fingerprint density at radius 3 is 1.95 bits per heavy atom. The molecule has 5 rings (SSSR count). The summed E-state index contributed by atoms with van der Waals surface area (Å²) in [7, 11) is -0.593. The minimum Gasteiger partial charge on any atom is -0.469 e. The first-order chi connectivity index (χ1) is 17.6. The fourth-order valence-electron chi connectivity index (χ4n) is 5.95. The van der Waals surface area contributed by atoms with Crippen LogP contribution in [0.3, 0.4) is 0 Å². The zero-order chi connectivity index (χ0) is 26.4. The van der Waals surface area contributed by atoms with E-state index in [0.717, 1.165) is 0 Å². The lowest BCUT2D eigenvalue weighted by Crippen LogP contribution is -2.54. The smallest absolute Gasteiger partial charge is 0.308 e. The van der Waals surface area contributed by atoms with E-state index in [-0.39, 0.29) is 29.1 Å². The first-order valence-electron chi connectivity index (χ1n) is 13.4. The first-order valence-corrected chi connectivity index (χ1v) is 16.3. The molecule has 0 unspecified atom stereocenters. The number of hydrogen-bond acceptors (Lipinski definition) is 4. The maximum Gasteiger partial charge on any atom is 0.308 e. The molecule has 1 fully saturated rings. The summed E-state index contributed by atoms with van der Waals surface area (Å²) in [6, 6.07) is 28.1. The standard InChI is InChI=1S/C32H39NO3Si/c1-31(2,3)37(5,6)36-29-21-22(30(34)35-4)20-28(29)33-32(23-14-8-7-9-15-23)26-18-12-10-16-24(26)25-17-11-13-19-27(25)32/h7-19,22,28-29,33H,20-21H2,1-6H3/t22-,28+,29-/m0/s1. The maximum absolute atomic E-state index is 12.8. The Hall–Kier alpha value is -2.73. The van der Waals surface area contributed by atoms with Gasteiger partial charge in [-0.1, -0.05) is 99.6 Å². The van der Waals surface area contributed by atoms with Gasteiger partial charge in [0.2, 0.25) is 0 Å². The van der Waals surface area contributed by atoms with E-state index in [2.05, 4.69) is 118 Å². The van der Waals surface area contributed by atoms with Gasteiger partial charge in [-0.15, -0.1) is 0 Å². The lowest BCUT2D eigenvalue weighted by atomic mass is 9.79. The zero-order valence-corrected chi connectivity index (χ0v) is 23.9. The highest BCUT2D eigenvalue weighted by molar-refractivity contribution is 6.74. The summed E-state index contributed by atoms with van der Waals surface area (Å²) in [6.07, 6.45) is 1.28. The largest absolute Gasteiger partial charge is 0.469 e. The average molecular weight is 514 g/mol. The molecule has 0 bridgehead atoms. The molecule has 0 heterocycles. The van der Waals surface area contributed by atoms with Crippen molar-refractivity contribution in [2.45, 2.75) is 69.4 Å². The third-order valence-electron chi connectivity index (χ3n) is 8.85. The molecule has 1 N–H and O–H groups in total. The van der Waals surface area contributed by atoms with Crippen molar-refractivity contribution in [1.29, 1.82) is 0 Å². The van der Waals surface area contributed by atoms with Gasteiger partial charge in [0.1, 0.15) is 0 Å². The predicted octanol–water partition coefficient (Wildman–Crippen LogP) is 6.89. The molecular weight excluding hydrogens is 474 g/mol. The Kier molecular flexibility index (Phi) is 6.67. The monoisotopic (exact) mass is 513 g/mol. The van der Waals surface area contributed by atoms with E-state index in [1.165, 1.54) is 34.9 Å². The molecule has 37 heavy (non-hydrogen) atoms. The van der Waals surface area contributed by atoms with Crippen molar-refractivity contribution < 1.29 is 14.0 Å². The number of ether oxygens (including phenoxy) is 1. The van der Waals surface area contributed by atoms with Gasteiger partial charge < -0.3 is 9.16 Å². The second kappa shape index (κ2) is 9.54. The highest BCUT2D eigenvalue weighted by atomic mass is 28.4. The number of nitrogens with one attached hydrogen (secondary N) is 1. The van der Waals surface area contributed by atoms with Gasteiger partial charge in [0.15, 0.2) is 8.32 Å². The molecule has 2 aliphatic carbocycles. The fourth-order valence-corrected chi connectivity index (χ4v) is 7.32. The van der Waals surface area contributed by atoms with Crippen LogP contribution in [0.25, 0.3) is 11.1 Å². The van der Waals surface area contributed by atoms with Crippen molar-refractivity contribution in [2.24, 2.45) is 5.92 Å². The van der Waals surface area contributed by atoms with Gasteiger partial charge in [0.25, 0.3) is 0 Å². The molecule has 0 spiro atoms. The van der Waals surface area contributed by atoms with E-state index in [4.69, 9.17) is 9.16 Å². The van der Waals surface area contributed by atoms with E-state index in [1.54, 1.807) is 0 Å². The van der Waals surface area contributed by atoms with Crippen LogP contribution in [0.15, 0.2) is 78.9 Å². The Morgan fingerprint density at radius 1 is 0.865 bits per heavy atom. The lowest BCUT2D eigenvalue weighted by molar-refractivity contribution is -0.145. The van der Waals surface area contributed by atoms with Gasteiger partial charge in [0, 0.05) is 6.04 Å². The molecule has 3 aromatic carbocycles. The predicted molar refractivity (Wildman–Crippen MR) is 152 cm³/mol. The summed E-state index contributed by atoms with van der Waals surface area (Å²) < 4.78 is 12.2. The Balaban J connectivity index is 1.64. The van der Waals surface area contributed by atoms with Gasteiger partial charge in [-0.25, -0.2) is 0 Å². The number of carbonyl (C=O) groups excluding carboxylic acids is 1. The number of rotatable bonds is 6. The average Bonchev–Trinajstić information content (AvgIpc) is 3.40. The third-order valence-corrected chi connectivity index (χ3v) is 13.4. The van der Waals surface area contributed by atoms with Crippen LogP contribution in [0.4, 0.5) is 0 Å². The molecule has 0 amide bonds. The van der Waals surface area contributed by atoms with Crippen LogP contribution >= 0.6 is 0 Å². The topological polar surface area (TPSA) is 47.6 Å². The van der Waals surface area contributed by atoms with Crippen LogP contribution in [0.1, 0.15) is 50.3 Å². The quantitative estimate of drug-likeness (QED) is 0.288. The molecule has 3 aromatic rings. The summed E-state index contributed by atoms with van der Waals surface area (Å²) in [4.78, 5) is 12.8. The minimum absolute atomic E-state index is 0.0161. The maximum atomic E-state index is 12.8. The summed E-state index contributed by atoms with van der Waals surface area (Å²) in [5.74, 6) is -0.328. The van der Waals surface area contributed by atoms with E-state index in [1.807, 2.05) is 0 Å². The number of carbonyl (C=O) groups is 1. The normalized spacial score (nSPS) is 22.4. The van der Waals surface area contributed by atoms with Crippen molar-refractivity contribution >= 4 is 14.3 Å². The molecule has 2 aliphatic rings. The second-order valence-electron chi connectivity index (χ2n) is 12.1. The number of benzene rings is 3. The second-order valence-corrected chi connectivity index (χ2v) is 16.8. The van der Waals surface area contributed by atoms with Gasteiger partial charge >= 0.3 is 5.97 Å².